The first-order chi connectivity index (χ1) is 7.34. The minimum Gasteiger partial charge on any atom is -0.493 e. The van der Waals surface area contributed by atoms with Crippen LogP contribution in [0.4, 0.5) is 5.69 Å². The molecule has 2 aromatic rings. The molecule has 0 fully saturated rings. The van der Waals surface area contributed by atoms with E-state index in [1.54, 1.807) is 24.6 Å². The lowest BCUT2D eigenvalue weighted by atomic mass is 10.3. The van der Waals surface area contributed by atoms with E-state index in [-0.39, 0.29) is 0 Å². The molecule has 0 atom stereocenters. The van der Waals surface area contributed by atoms with Gasteiger partial charge in [0.1, 0.15) is 12.0 Å². The zero-order valence-corrected chi connectivity index (χ0v) is 8.22. The van der Waals surface area contributed by atoms with Gasteiger partial charge in [0.2, 0.25) is 0 Å². The third-order valence-corrected chi connectivity index (χ3v) is 1.95. The maximum atomic E-state index is 5.55. The van der Waals surface area contributed by atoms with Crippen LogP contribution in [0, 0.1) is 0 Å². The molecule has 0 radical (unpaired) electrons. The van der Waals surface area contributed by atoms with Gasteiger partial charge < -0.3 is 14.9 Å². The number of benzene rings is 1. The molecule has 0 spiro atoms. The monoisotopic (exact) mass is 204 g/mol. The van der Waals surface area contributed by atoms with Gasteiger partial charge in [0.25, 0.3) is 0 Å². The normalized spacial score (nSPS) is 10.1. The maximum absolute atomic E-state index is 5.55. The van der Waals surface area contributed by atoms with Gasteiger partial charge in [-0.2, -0.15) is 0 Å². The number of rotatable bonds is 4. The zero-order chi connectivity index (χ0) is 10.5. The molecule has 0 amide bonds. The second-order valence-electron chi connectivity index (χ2n) is 3.09. The van der Waals surface area contributed by atoms with Crippen molar-refractivity contribution in [2.75, 3.05) is 12.3 Å². The van der Waals surface area contributed by atoms with Gasteiger partial charge in [0, 0.05) is 5.69 Å². The molecule has 0 saturated carbocycles. The van der Waals surface area contributed by atoms with Gasteiger partial charge in [-0.1, -0.05) is 0 Å². The van der Waals surface area contributed by atoms with E-state index in [4.69, 9.17) is 14.9 Å². The molecule has 2 rings (SSSR count). The number of oxazole rings is 1. The Hall–Kier alpha value is -1.97. The van der Waals surface area contributed by atoms with E-state index in [9.17, 15) is 0 Å². The third kappa shape index (κ3) is 2.74. The maximum Gasteiger partial charge on any atom is 0.197 e. The van der Waals surface area contributed by atoms with Crippen LogP contribution < -0.4 is 10.5 Å². The Morgan fingerprint density at radius 3 is 2.73 bits per heavy atom. The fourth-order valence-electron chi connectivity index (χ4n) is 1.20. The first kappa shape index (κ1) is 9.58. The summed E-state index contributed by atoms with van der Waals surface area (Å²) in [5, 5.41) is 0. The quantitative estimate of drug-likeness (QED) is 0.772. The average Bonchev–Trinajstić information content (AvgIpc) is 2.74. The van der Waals surface area contributed by atoms with Crippen LogP contribution in [0.3, 0.4) is 0 Å². The zero-order valence-electron chi connectivity index (χ0n) is 8.22. The van der Waals surface area contributed by atoms with Gasteiger partial charge >= 0.3 is 0 Å². The molecule has 4 heteroatoms. The van der Waals surface area contributed by atoms with Crippen LogP contribution in [-0.2, 0) is 6.42 Å². The summed E-state index contributed by atoms with van der Waals surface area (Å²) in [6.45, 7) is 0.546. The van der Waals surface area contributed by atoms with Crippen LogP contribution in [0.15, 0.2) is 41.1 Å². The van der Waals surface area contributed by atoms with Crippen LogP contribution >= 0.6 is 0 Å². The predicted molar refractivity (Wildman–Crippen MR) is 56.6 cm³/mol. The van der Waals surface area contributed by atoms with E-state index in [1.807, 2.05) is 12.1 Å². The number of nitrogens with zero attached hydrogens (tertiary/aromatic N) is 1. The highest BCUT2D eigenvalue weighted by Crippen LogP contribution is 2.13. The van der Waals surface area contributed by atoms with Crippen molar-refractivity contribution in [3.63, 3.8) is 0 Å². The lowest BCUT2D eigenvalue weighted by molar-refractivity contribution is 0.306. The highest BCUT2D eigenvalue weighted by atomic mass is 16.5. The van der Waals surface area contributed by atoms with Gasteiger partial charge in [-0.15, -0.1) is 0 Å². The first-order valence-electron chi connectivity index (χ1n) is 4.71. The molecule has 1 aromatic heterocycles. The van der Waals surface area contributed by atoms with Gasteiger partial charge in [-0.3, -0.25) is 0 Å². The number of aromatic nitrogens is 1. The smallest absolute Gasteiger partial charge is 0.197 e. The number of nitrogen functional groups attached to an aromatic ring is 1. The van der Waals surface area contributed by atoms with Crippen molar-refractivity contribution < 1.29 is 9.15 Å². The summed E-state index contributed by atoms with van der Waals surface area (Å²) in [6.07, 6.45) is 3.84. The van der Waals surface area contributed by atoms with Crippen molar-refractivity contribution in [3.8, 4) is 5.75 Å². The molecule has 2 N–H and O–H groups in total. The molecule has 0 aliphatic carbocycles. The molecule has 15 heavy (non-hydrogen) atoms. The van der Waals surface area contributed by atoms with E-state index < -0.39 is 0 Å². The van der Waals surface area contributed by atoms with E-state index >= 15 is 0 Å². The number of nitrogens with two attached hydrogens (primary N) is 1. The SMILES string of the molecule is Nc1ccc(OCCc2ncco2)cc1. The Bertz CT molecular complexity index is 395. The summed E-state index contributed by atoms with van der Waals surface area (Å²) in [5.74, 6) is 1.49. The highest BCUT2D eigenvalue weighted by molar-refractivity contribution is 5.41. The lowest BCUT2D eigenvalue weighted by Gasteiger charge is -2.04. The predicted octanol–water partition coefficient (Wildman–Crippen LogP) is 1.88. The fraction of sp³-hybridized carbons (Fsp3) is 0.182. The van der Waals surface area contributed by atoms with Crippen LogP contribution in [-0.4, -0.2) is 11.6 Å². The van der Waals surface area contributed by atoms with E-state index in [0.717, 1.165) is 11.4 Å². The molecule has 4 nitrogen and oxygen atoms in total. The number of hydrogen-bond acceptors (Lipinski definition) is 4. The minimum atomic E-state index is 0.546. The van der Waals surface area contributed by atoms with Gasteiger partial charge in [0.05, 0.1) is 19.2 Å². The summed E-state index contributed by atoms with van der Waals surface area (Å²) in [6, 6.07) is 7.29. The standard InChI is InChI=1S/C11H12N2O2/c12-9-1-3-10(4-2-9)14-7-5-11-13-6-8-15-11/h1-4,6,8H,5,7,12H2. The summed E-state index contributed by atoms with van der Waals surface area (Å²) in [5.41, 5.74) is 6.28. The van der Waals surface area contributed by atoms with Gasteiger partial charge in [-0.25, -0.2) is 4.98 Å². The Balaban J connectivity index is 1.81. The van der Waals surface area contributed by atoms with Crippen LogP contribution in [0.2, 0.25) is 0 Å². The van der Waals surface area contributed by atoms with Crippen molar-refractivity contribution in [1.82, 2.24) is 4.98 Å². The molecule has 1 heterocycles. The van der Waals surface area contributed by atoms with Gasteiger partial charge in [-0.05, 0) is 24.3 Å². The number of ether oxygens (including phenoxy) is 1. The molecule has 0 bridgehead atoms. The molecule has 0 saturated heterocycles. The molecule has 0 aliphatic rings. The Morgan fingerprint density at radius 2 is 2.07 bits per heavy atom. The van der Waals surface area contributed by atoms with E-state index in [2.05, 4.69) is 4.98 Å². The average molecular weight is 204 g/mol. The molecule has 1 aromatic carbocycles. The summed E-state index contributed by atoms with van der Waals surface area (Å²) < 4.78 is 10.6. The minimum absolute atomic E-state index is 0.546. The molecule has 0 aliphatic heterocycles. The van der Waals surface area contributed by atoms with Crippen molar-refractivity contribution >= 4 is 5.69 Å². The number of anilines is 1. The van der Waals surface area contributed by atoms with Crippen LogP contribution in [0.5, 0.6) is 5.75 Å². The van der Waals surface area contributed by atoms with Crippen molar-refractivity contribution in [2.45, 2.75) is 6.42 Å². The first-order valence-corrected chi connectivity index (χ1v) is 4.71. The Morgan fingerprint density at radius 1 is 1.27 bits per heavy atom. The van der Waals surface area contributed by atoms with Crippen molar-refractivity contribution in [1.29, 1.82) is 0 Å². The van der Waals surface area contributed by atoms with Gasteiger partial charge in [0.15, 0.2) is 5.89 Å². The summed E-state index contributed by atoms with van der Waals surface area (Å²) in [4.78, 5) is 3.99. The van der Waals surface area contributed by atoms with Crippen molar-refractivity contribution in [3.05, 3.63) is 42.6 Å². The molecule has 0 unspecified atom stereocenters. The number of hydrogen-bond donors (Lipinski definition) is 1. The molecular formula is C11H12N2O2. The lowest BCUT2D eigenvalue weighted by Crippen LogP contribution is -2.01. The second-order valence-corrected chi connectivity index (χ2v) is 3.09. The van der Waals surface area contributed by atoms with Crippen LogP contribution in [0.1, 0.15) is 5.89 Å². The second kappa shape index (κ2) is 4.50. The Labute approximate surface area is 87.7 Å². The van der Waals surface area contributed by atoms with Crippen LogP contribution in [0.25, 0.3) is 0 Å². The summed E-state index contributed by atoms with van der Waals surface area (Å²) >= 11 is 0. The molecular weight excluding hydrogens is 192 g/mol. The highest BCUT2D eigenvalue weighted by Gasteiger charge is 1.98. The fourth-order valence-corrected chi connectivity index (χ4v) is 1.20. The molecule has 78 valence electrons. The van der Waals surface area contributed by atoms with E-state index in [0.29, 0.717) is 18.9 Å². The van der Waals surface area contributed by atoms with E-state index in [1.165, 1.54) is 0 Å². The third-order valence-electron chi connectivity index (χ3n) is 1.95. The summed E-state index contributed by atoms with van der Waals surface area (Å²) in [7, 11) is 0. The topological polar surface area (TPSA) is 61.3 Å². The largest absolute Gasteiger partial charge is 0.493 e. The van der Waals surface area contributed by atoms with Crippen molar-refractivity contribution in [2.24, 2.45) is 0 Å². The Kier molecular flexibility index (Phi) is 2.88.